The Morgan fingerprint density at radius 3 is 2.53 bits per heavy atom. The molecule has 1 saturated heterocycles. The molecule has 3 heterocycles. The van der Waals surface area contributed by atoms with Crippen molar-refractivity contribution in [1.29, 1.82) is 0 Å². The normalized spacial score (nSPS) is 17.1. The maximum Gasteiger partial charge on any atom is 0.263 e. The molecule has 2 aliphatic rings. The number of pyridine rings is 1. The number of carbonyl (C=O) groups is 1. The molecule has 1 fully saturated rings. The van der Waals surface area contributed by atoms with Gasteiger partial charge in [0.2, 0.25) is 0 Å². The summed E-state index contributed by atoms with van der Waals surface area (Å²) >= 11 is 12.6. The minimum Gasteiger partial charge on any atom is -0.493 e. The van der Waals surface area contributed by atoms with Crippen molar-refractivity contribution in [3.05, 3.63) is 92.2 Å². The van der Waals surface area contributed by atoms with Crippen LogP contribution in [0, 0.1) is 0 Å². The van der Waals surface area contributed by atoms with E-state index < -0.39 is 11.5 Å². The number of fused-ring (bicyclic) bond motifs is 2. The topological polar surface area (TPSA) is 83.7 Å². The van der Waals surface area contributed by atoms with E-state index in [4.69, 9.17) is 32.7 Å². The summed E-state index contributed by atoms with van der Waals surface area (Å²) in [4.78, 5) is 32.6. The van der Waals surface area contributed by atoms with Gasteiger partial charge in [-0.3, -0.25) is 9.59 Å². The minimum absolute atomic E-state index is 0.0876. The zero-order valence-corrected chi connectivity index (χ0v) is 21.9. The number of hydrogen-bond acceptors (Lipinski definition) is 5. The Bertz CT molecular complexity index is 1580. The first-order chi connectivity index (χ1) is 18.5. The second-order valence-electron chi connectivity index (χ2n) is 9.36. The van der Waals surface area contributed by atoms with Crippen LogP contribution in [0.15, 0.2) is 65.5 Å². The number of aromatic nitrogens is 1. The molecule has 0 saturated carbocycles. The van der Waals surface area contributed by atoms with Crippen LogP contribution in [0.2, 0.25) is 10.0 Å². The van der Waals surface area contributed by atoms with E-state index in [-0.39, 0.29) is 11.6 Å². The van der Waals surface area contributed by atoms with Crippen LogP contribution in [0.3, 0.4) is 0 Å². The molecule has 194 valence electrons. The summed E-state index contributed by atoms with van der Waals surface area (Å²) in [5.74, 6) is 0.322. The van der Waals surface area contributed by atoms with Crippen LogP contribution < -0.4 is 20.5 Å². The van der Waals surface area contributed by atoms with Crippen molar-refractivity contribution >= 4 is 45.7 Å². The van der Waals surface area contributed by atoms with Crippen LogP contribution in [0.1, 0.15) is 28.4 Å². The molecular weight excluding hydrogens is 525 g/mol. The van der Waals surface area contributed by atoms with Crippen LogP contribution in [0.4, 0.5) is 5.69 Å². The van der Waals surface area contributed by atoms with Crippen LogP contribution in [0.5, 0.6) is 5.75 Å². The first kappa shape index (κ1) is 24.8. The highest BCUT2D eigenvalue weighted by molar-refractivity contribution is 6.35. The summed E-state index contributed by atoms with van der Waals surface area (Å²) in [6, 6.07) is 18.4. The highest BCUT2D eigenvalue weighted by Crippen LogP contribution is 2.37. The van der Waals surface area contributed by atoms with Crippen LogP contribution in [0.25, 0.3) is 22.0 Å². The van der Waals surface area contributed by atoms with Crippen molar-refractivity contribution in [1.82, 2.24) is 10.3 Å². The van der Waals surface area contributed by atoms with E-state index in [1.165, 1.54) is 0 Å². The number of morpholine rings is 1. The summed E-state index contributed by atoms with van der Waals surface area (Å²) in [6.07, 6.45) is 0.612. The molecule has 2 aliphatic heterocycles. The van der Waals surface area contributed by atoms with E-state index in [9.17, 15) is 9.59 Å². The fourth-order valence-electron chi connectivity index (χ4n) is 5.30. The molecule has 1 atom stereocenters. The smallest absolute Gasteiger partial charge is 0.263 e. The van der Waals surface area contributed by atoms with Crippen LogP contribution in [-0.2, 0) is 4.74 Å². The van der Waals surface area contributed by atoms with Crippen LogP contribution >= 0.6 is 23.2 Å². The van der Waals surface area contributed by atoms with Gasteiger partial charge >= 0.3 is 0 Å². The van der Waals surface area contributed by atoms with E-state index in [2.05, 4.69) is 15.2 Å². The molecule has 38 heavy (non-hydrogen) atoms. The largest absolute Gasteiger partial charge is 0.493 e. The standard InChI is InChI=1S/C29H25Cl2N3O4/c30-18-14-17(15-19(31)16-18)20-5-3-6-22-26(20)33-29(36)25(27(22)34-9-12-37-13-10-34)28(35)32-23-8-11-38-24-7-2-1-4-21(23)24/h1-7,14-16,23H,8-13H2,(H,32,35)(H,33,36)/t23-/m0/s1. The van der Waals surface area contributed by atoms with E-state index in [1.807, 2.05) is 42.5 Å². The fraction of sp³-hybridized carbons (Fsp3) is 0.241. The Labute approximate surface area is 229 Å². The maximum absolute atomic E-state index is 13.8. The Balaban J connectivity index is 1.50. The van der Waals surface area contributed by atoms with Crippen molar-refractivity contribution in [3.8, 4) is 16.9 Å². The summed E-state index contributed by atoms with van der Waals surface area (Å²) in [5.41, 5.74) is 3.28. The lowest BCUT2D eigenvalue weighted by Gasteiger charge is -2.32. The van der Waals surface area contributed by atoms with Crippen molar-refractivity contribution in [2.45, 2.75) is 12.5 Å². The first-order valence-electron chi connectivity index (χ1n) is 12.5. The fourth-order valence-corrected chi connectivity index (χ4v) is 5.83. The maximum atomic E-state index is 13.8. The van der Waals surface area contributed by atoms with E-state index in [0.717, 1.165) is 27.8 Å². The Hall–Kier alpha value is -3.52. The molecule has 0 radical (unpaired) electrons. The quantitative estimate of drug-likeness (QED) is 0.346. The van der Waals surface area contributed by atoms with Gasteiger partial charge in [0.1, 0.15) is 11.3 Å². The average Bonchev–Trinajstić information content (AvgIpc) is 2.92. The molecule has 3 aromatic carbocycles. The molecule has 1 amide bonds. The third-order valence-corrected chi connectivity index (χ3v) is 7.45. The summed E-state index contributed by atoms with van der Waals surface area (Å²) in [5, 5.41) is 4.85. The molecular formula is C29H25Cl2N3O4. The number of anilines is 1. The average molecular weight is 550 g/mol. The van der Waals surface area contributed by atoms with Gasteiger partial charge in [0, 0.05) is 46.1 Å². The lowest BCUT2D eigenvalue weighted by molar-refractivity contribution is 0.0922. The van der Waals surface area contributed by atoms with Crippen LogP contribution in [-0.4, -0.2) is 43.8 Å². The predicted molar refractivity (Wildman–Crippen MR) is 150 cm³/mol. The number of nitrogens with one attached hydrogen (secondary N) is 2. The van der Waals surface area contributed by atoms with Gasteiger partial charge in [-0.2, -0.15) is 0 Å². The monoisotopic (exact) mass is 549 g/mol. The molecule has 7 nitrogen and oxygen atoms in total. The molecule has 2 N–H and O–H groups in total. The number of ether oxygens (including phenoxy) is 2. The molecule has 6 rings (SSSR count). The minimum atomic E-state index is -0.461. The van der Waals surface area contributed by atoms with Gasteiger partial charge in [-0.05, 0) is 29.8 Å². The number of para-hydroxylation sites is 2. The molecule has 9 heteroatoms. The predicted octanol–water partition coefficient (Wildman–Crippen LogP) is 5.59. The molecule has 0 unspecified atom stereocenters. The summed E-state index contributed by atoms with van der Waals surface area (Å²) < 4.78 is 11.3. The molecule has 4 aromatic rings. The number of carbonyl (C=O) groups excluding carboxylic acids is 1. The van der Waals surface area contributed by atoms with Gasteiger partial charge in [-0.15, -0.1) is 0 Å². The second kappa shape index (κ2) is 10.3. The summed E-state index contributed by atoms with van der Waals surface area (Å²) in [6.45, 7) is 2.62. The van der Waals surface area contributed by atoms with Gasteiger partial charge < -0.3 is 24.7 Å². The van der Waals surface area contributed by atoms with E-state index >= 15 is 0 Å². The summed E-state index contributed by atoms with van der Waals surface area (Å²) in [7, 11) is 0. The molecule has 0 bridgehead atoms. The third-order valence-electron chi connectivity index (χ3n) is 7.01. The first-order valence-corrected chi connectivity index (χ1v) is 13.3. The SMILES string of the molecule is O=C(N[C@H]1CCOc2ccccc21)c1c(N2CCOCC2)c2cccc(-c3cc(Cl)cc(Cl)c3)c2[nH]c1=O. The van der Waals surface area contributed by atoms with E-state index in [1.54, 1.807) is 18.2 Å². The van der Waals surface area contributed by atoms with Crippen molar-refractivity contribution < 1.29 is 14.3 Å². The number of H-pyrrole nitrogens is 1. The van der Waals surface area contributed by atoms with Gasteiger partial charge in [-0.25, -0.2) is 0 Å². The molecule has 1 aromatic heterocycles. The lowest BCUT2D eigenvalue weighted by atomic mass is 9.97. The number of benzene rings is 3. The Morgan fingerprint density at radius 1 is 0.974 bits per heavy atom. The number of hydrogen-bond donors (Lipinski definition) is 2. The zero-order chi connectivity index (χ0) is 26.2. The third kappa shape index (κ3) is 4.62. The van der Waals surface area contributed by atoms with Gasteiger partial charge in [0.15, 0.2) is 0 Å². The number of amides is 1. The molecule has 0 spiro atoms. The zero-order valence-electron chi connectivity index (χ0n) is 20.4. The Kier molecular flexibility index (Phi) is 6.74. The van der Waals surface area contributed by atoms with E-state index in [0.29, 0.717) is 60.6 Å². The highest BCUT2D eigenvalue weighted by atomic mass is 35.5. The lowest BCUT2D eigenvalue weighted by Crippen LogP contribution is -2.41. The number of aromatic amines is 1. The van der Waals surface area contributed by atoms with Crippen molar-refractivity contribution in [2.75, 3.05) is 37.8 Å². The molecule has 0 aliphatic carbocycles. The van der Waals surface area contributed by atoms with Gasteiger partial charge in [0.05, 0.1) is 37.1 Å². The van der Waals surface area contributed by atoms with Crippen molar-refractivity contribution in [2.24, 2.45) is 0 Å². The number of halogens is 2. The number of rotatable bonds is 4. The van der Waals surface area contributed by atoms with Gasteiger partial charge in [0.25, 0.3) is 11.5 Å². The second-order valence-corrected chi connectivity index (χ2v) is 10.2. The van der Waals surface area contributed by atoms with Crippen molar-refractivity contribution in [3.63, 3.8) is 0 Å². The Morgan fingerprint density at radius 2 is 1.74 bits per heavy atom. The number of nitrogens with zero attached hydrogens (tertiary/aromatic N) is 1. The van der Waals surface area contributed by atoms with Gasteiger partial charge in [-0.1, -0.05) is 59.6 Å². The highest BCUT2D eigenvalue weighted by Gasteiger charge is 2.29.